The number of aromatic nitrogens is 4. The number of furan rings is 1. The molecule has 0 saturated carbocycles. The van der Waals surface area contributed by atoms with Gasteiger partial charge in [0.1, 0.15) is 11.2 Å². The zero-order chi connectivity index (χ0) is 44.8. The van der Waals surface area contributed by atoms with E-state index in [1.807, 2.05) is 109 Å². The molecule has 0 N–H and O–H groups in total. The molecule has 0 aliphatic rings. The second-order valence-corrected chi connectivity index (χ2v) is 13.3. The number of nitrogens with zero attached hydrogens (tertiary/aromatic N) is 4. The number of fused-ring (bicyclic) bond motifs is 6. The van der Waals surface area contributed by atoms with Gasteiger partial charge in [0.05, 0.1) is 29.1 Å². The quantitative estimate of drug-likeness (QED) is 0.171. The molecule has 11 rings (SSSR count). The summed E-state index contributed by atoms with van der Waals surface area (Å²) in [6.07, 6.45) is 0. The number of rotatable bonds is 6. The summed E-state index contributed by atoms with van der Waals surface area (Å²) in [4.78, 5) is 15.2. The average molecular weight is 726 g/mol. The lowest BCUT2D eigenvalue weighted by atomic mass is 10.0. The molecule has 3 heterocycles. The van der Waals surface area contributed by atoms with Gasteiger partial charge < -0.3 is 8.98 Å². The lowest BCUT2D eigenvalue weighted by molar-refractivity contribution is 0.669. The molecular weight excluding hydrogens is 685 g/mol. The highest BCUT2D eigenvalue weighted by Crippen LogP contribution is 2.41. The van der Waals surface area contributed by atoms with Crippen molar-refractivity contribution >= 4 is 43.7 Å². The molecular formula is C51H32N4O. The maximum atomic E-state index is 9.34. The standard InChI is InChI=1S/C51H32N4O/c1-3-14-33(15-4-1)34-26-28-36(29-27-34)49-52-50(37-30-31-41-40-19-9-12-25-46(40)56-47(41)32-37)54-51(53-49)43-20-8-11-24-45(43)55-44-23-10-7-18-39(44)42-22-13-21-38(48(42)55)35-16-5-2-6-17-35/h1-32H/i2D,5D,6D,7D,10D,16D,17D,18D,23D. The largest absolute Gasteiger partial charge is 0.456 e. The fourth-order valence-corrected chi connectivity index (χ4v) is 7.51. The molecule has 3 aromatic heterocycles. The maximum Gasteiger partial charge on any atom is 0.166 e. The molecule has 0 saturated heterocycles. The summed E-state index contributed by atoms with van der Waals surface area (Å²) >= 11 is 0. The molecule has 0 fully saturated rings. The van der Waals surface area contributed by atoms with Crippen LogP contribution in [0.15, 0.2) is 198 Å². The molecule has 8 aromatic carbocycles. The smallest absolute Gasteiger partial charge is 0.166 e. The van der Waals surface area contributed by atoms with Crippen LogP contribution in [-0.2, 0) is 0 Å². The molecule has 0 bridgehead atoms. The number of hydrogen-bond acceptors (Lipinski definition) is 4. The molecule has 0 atom stereocenters. The van der Waals surface area contributed by atoms with E-state index in [1.54, 1.807) is 34.9 Å². The summed E-state index contributed by atoms with van der Waals surface area (Å²) in [5, 5.41) is 2.50. The molecule has 0 spiro atoms. The van der Waals surface area contributed by atoms with E-state index in [0.717, 1.165) is 27.5 Å². The van der Waals surface area contributed by atoms with E-state index in [4.69, 9.17) is 30.3 Å². The van der Waals surface area contributed by atoms with Crippen molar-refractivity contribution in [3.63, 3.8) is 0 Å². The van der Waals surface area contributed by atoms with Crippen molar-refractivity contribution < 1.29 is 16.8 Å². The molecule has 56 heavy (non-hydrogen) atoms. The van der Waals surface area contributed by atoms with Gasteiger partial charge in [-0.3, -0.25) is 0 Å². The molecule has 0 aliphatic heterocycles. The number of para-hydroxylation sites is 4. The van der Waals surface area contributed by atoms with Crippen molar-refractivity contribution in [3.8, 4) is 62.1 Å². The van der Waals surface area contributed by atoms with Gasteiger partial charge in [-0.2, -0.15) is 0 Å². The Kier molecular flexibility index (Phi) is 5.57. The van der Waals surface area contributed by atoms with E-state index < -0.39 is 42.3 Å². The number of benzene rings is 8. The first-order valence-corrected chi connectivity index (χ1v) is 18.0. The van der Waals surface area contributed by atoms with Crippen molar-refractivity contribution in [1.29, 1.82) is 0 Å². The topological polar surface area (TPSA) is 56.7 Å². The Morgan fingerprint density at radius 3 is 1.91 bits per heavy atom. The van der Waals surface area contributed by atoms with Gasteiger partial charge in [0.2, 0.25) is 0 Å². The van der Waals surface area contributed by atoms with Gasteiger partial charge in [-0.15, -0.1) is 0 Å². The van der Waals surface area contributed by atoms with Gasteiger partial charge in [-0.25, -0.2) is 15.0 Å². The molecule has 5 heteroatoms. The van der Waals surface area contributed by atoms with Gasteiger partial charge in [0.25, 0.3) is 0 Å². The van der Waals surface area contributed by atoms with Crippen molar-refractivity contribution in [1.82, 2.24) is 19.5 Å². The van der Waals surface area contributed by atoms with Crippen LogP contribution < -0.4 is 0 Å². The van der Waals surface area contributed by atoms with Crippen LogP contribution in [0.3, 0.4) is 0 Å². The van der Waals surface area contributed by atoms with Crippen molar-refractivity contribution in [2.24, 2.45) is 0 Å². The van der Waals surface area contributed by atoms with Crippen molar-refractivity contribution in [2.75, 3.05) is 0 Å². The third kappa shape index (κ3) is 5.29. The predicted molar refractivity (Wildman–Crippen MR) is 229 cm³/mol. The van der Waals surface area contributed by atoms with Gasteiger partial charge >= 0.3 is 0 Å². The molecule has 11 aromatic rings. The maximum absolute atomic E-state index is 9.34. The summed E-state index contributed by atoms with van der Waals surface area (Å²) in [5.41, 5.74) is 6.29. The van der Waals surface area contributed by atoms with Gasteiger partial charge in [0.15, 0.2) is 17.5 Å². The first-order chi connectivity index (χ1) is 31.5. The Morgan fingerprint density at radius 1 is 0.411 bits per heavy atom. The minimum absolute atomic E-state index is 0.0805. The zero-order valence-corrected chi connectivity index (χ0v) is 29.5. The van der Waals surface area contributed by atoms with Crippen LogP contribution in [0.1, 0.15) is 12.3 Å². The Labute approximate surface area is 335 Å². The van der Waals surface area contributed by atoms with Gasteiger partial charge in [0, 0.05) is 43.8 Å². The first-order valence-electron chi connectivity index (χ1n) is 22.5. The van der Waals surface area contributed by atoms with Crippen LogP contribution in [-0.4, -0.2) is 19.5 Å². The van der Waals surface area contributed by atoms with Gasteiger partial charge in [-0.1, -0.05) is 158 Å². The highest BCUT2D eigenvalue weighted by atomic mass is 16.3. The predicted octanol–water partition coefficient (Wildman–Crippen LogP) is 13.2. The van der Waals surface area contributed by atoms with E-state index in [-0.39, 0.29) is 39.9 Å². The molecule has 0 unspecified atom stereocenters. The zero-order valence-electron chi connectivity index (χ0n) is 38.5. The fraction of sp³-hybridized carbons (Fsp3) is 0. The number of hydrogen-bond donors (Lipinski definition) is 0. The minimum Gasteiger partial charge on any atom is -0.456 e. The summed E-state index contributed by atoms with van der Waals surface area (Å²) in [5.74, 6) is 0.958. The SMILES string of the molecule is [2H]c1c([2H])c([2H])c(-c2cccc3c4c([2H])c([2H])c([2H])c([2H])c4n(-c4ccccc4-c4nc(-c5ccc(-c6ccccc6)cc5)nc(-c5ccc6c(c5)oc5ccccc56)n4)c23)c([2H])c1[2H]. The first kappa shape index (κ1) is 23.9. The second-order valence-electron chi connectivity index (χ2n) is 13.3. The summed E-state index contributed by atoms with van der Waals surface area (Å²) in [7, 11) is 0. The van der Waals surface area contributed by atoms with Crippen LogP contribution in [0.5, 0.6) is 0 Å². The van der Waals surface area contributed by atoms with Crippen LogP contribution in [0.4, 0.5) is 0 Å². The second kappa shape index (κ2) is 13.0. The van der Waals surface area contributed by atoms with Crippen LogP contribution >= 0.6 is 0 Å². The molecule has 0 amide bonds. The minimum atomic E-state index is -0.544. The van der Waals surface area contributed by atoms with E-state index in [1.165, 1.54) is 0 Å². The Bertz CT molecular complexity index is 3750. The highest BCUT2D eigenvalue weighted by molar-refractivity contribution is 6.14. The van der Waals surface area contributed by atoms with Crippen molar-refractivity contribution in [2.45, 2.75) is 0 Å². The van der Waals surface area contributed by atoms with Crippen molar-refractivity contribution in [3.05, 3.63) is 194 Å². The third-order valence-corrected chi connectivity index (χ3v) is 10.1. The van der Waals surface area contributed by atoms with Crippen LogP contribution in [0.25, 0.3) is 106 Å². The van der Waals surface area contributed by atoms with Gasteiger partial charge in [-0.05, 0) is 53.1 Å². The Balaban J connectivity index is 1.21. The van der Waals surface area contributed by atoms with E-state index in [0.29, 0.717) is 50.5 Å². The van der Waals surface area contributed by atoms with Crippen LogP contribution in [0.2, 0.25) is 0 Å². The lowest BCUT2D eigenvalue weighted by Crippen LogP contribution is -2.04. The summed E-state index contributed by atoms with van der Waals surface area (Å²) in [6.45, 7) is 0. The van der Waals surface area contributed by atoms with E-state index in [9.17, 15) is 1.37 Å². The normalized spacial score (nSPS) is 13.8. The summed E-state index contributed by atoms with van der Waals surface area (Å²) in [6, 6.07) is 39.8. The van der Waals surface area contributed by atoms with E-state index in [2.05, 4.69) is 0 Å². The molecule has 262 valence electrons. The lowest BCUT2D eigenvalue weighted by Gasteiger charge is -2.16. The third-order valence-electron chi connectivity index (χ3n) is 10.1. The van der Waals surface area contributed by atoms with Crippen LogP contribution in [0, 0.1) is 0 Å². The Hall–Kier alpha value is -7.63. The summed E-state index contributed by atoms with van der Waals surface area (Å²) < 4.78 is 87.3. The monoisotopic (exact) mass is 725 g/mol. The molecule has 5 nitrogen and oxygen atoms in total. The molecule has 0 radical (unpaired) electrons. The Morgan fingerprint density at radius 2 is 1.04 bits per heavy atom. The average Bonchev–Trinajstić information content (AvgIpc) is 3.90. The fourth-order valence-electron chi connectivity index (χ4n) is 7.51. The highest BCUT2D eigenvalue weighted by Gasteiger charge is 2.21. The molecule has 0 aliphatic carbocycles. The van der Waals surface area contributed by atoms with E-state index >= 15 is 0 Å².